The minimum absolute atomic E-state index is 0.0200. The van der Waals surface area contributed by atoms with Gasteiger partial charge in [0.25, 0.3) is 0 Å². The highest BCUT2D eigenvalue weighted by molar-refractivity contribution is 5.80. The summed E-state index contributed by atoms with van der Waals surface area (Å²) in [6.45, 7) is 6.00. The molecule has 1 aromatic rings. The third kappa shape index (κ3) is 3.46. The highest BCUT2D eigenvalue weighted by Crippen LogP contribution is 2.37. The van der Waals surface area contributed by atoms with E-state index in [1.54, 1.807) is 0 Å². The zero-order valence-electron chi connectivity index (χ0n) is 10.2. The minimum atomic E-state index is -0.362. The summed E-state index contributed by atoms with van der Waals surface area (Å²) in [4.78, 5) is 11.4. The highest BCUT2D eigenvalue weighted by Gasteiger charge is 2.27. The van der Waals surface area contributed by atoms with Gasteiger partial charge in [0.2, 0.25) is 0 Å². The fraction of sp³-hybridized carbons (Fsp3) is 0.500. The van der Waals surface area contributed by atoms with Crippen molar-refractivity contribution in [2.45, 2.75) is 33.1 Å². The Morgan fingerprint density at radius 3 is 2.25 bits per heavy atom. The second-order valence-electron chi connectivity index (χ2n) is 5.23. The molecule has 2 nitrogen and oxygen atoms in total. The van der Waals surface area contributed by atoms with Crippen LogP contribution in [-0.2, 0) is 4.79 Å². The summed E-state index contributed by atoms with van der Waals surface area (Å²) in [5.74, 6) is 0.0668. The Balaban J connectivity index is 2.93. The van der Waals surface area contributed by atoms with Gasteiger partial charge in [-0.3, -0.25) is 4.79 Å². The molecular formula is C14H20O2. The zero-order valence-corrected chi connectivity index (χ0v) is 10.2. The van der Waals surface area contributed by atoms with Crippen LogP contribution in [0.1, 0.15) is 38.7 Å². The fourth-order valence-electron chi connectivity index (χ4n) is 1.90. The summed E-state index contributed by atoms with van der Waals surface area (Å²) in [5.41, 5.74) is 1.18. The molecular weight excluding hydrogens is 200 g/mol. The molecule has 0 amide bonds. The summed E-state index contributed by atoms with van der Waals surface area (Å²) >= 11 is 0. The van der Waals surface area contributed by atoms with Crippen molar-refractivity contribution in [1.82, 2.24) is 0 Å². The summed E-state index contributed by atoms with van der Waals surface area (Å²) in [6, 6.07) is 10.0. The fourth-order valence-corrected chi connectivity index (χ4v) is 1.90. The molecule has 0 bridgehead atoms. The molecule has 88 valence electrons. The molecule has 1 atom stereocenters. The number of rotatable bonds is 4. The molecule has 0 aliphatic carbocycles. The molecule has 0 heterocycles. The van der Waals surface area contributed by atoms with Crippen molar-refractivity contribution in [2.75, 3.05) is 6.61 Å². The number of aliphatic hydroxyl groups excluding tert-OH is 1. The lowest BCUT2D eigenvalue weighted by molar-refractivity contribution is -0.122. The van der Waals surface area contributed by atoms with Gasteiger partial charge in [0.1, 0.15) is 6.61 Å². The molecule has 0 radical (unpaired) electrons. The molecule has 1 rings (SSSR count). The average molecular weight is 220 g/mol. The Bertz CT molecular complexity index is 336. The Morgan fingerprint density at radius 2 is 1.81 bits per heavy atom. The lowest BCUT2D eigenvalue weighted by Gasteiger charge is -2.30. The van der Waals surface area contributed by atoms with Crippen molar-refractivity contribution in [1.29, 1.82) is 0 Å². The van der Waals surface area contributed by atoms with Gasteiger partial charge in [-0.25, -0.2) is 0 Å². The maximum Gasteiger partial charge on any atom is 0.158 e. The zero-order chi connectivity index (χ0) is 12.2. The first kappa shape index (κ1) is 12.9. The van der Waals surface area contributed by atoms with E-state index in [2.05, 4.69) is 20.8 Å². The van der Waals surface area contributed by atoms with Gasteiger partial charge < -0.3 is 5.11 Å². The first-order valence-corrected chi connectivity index (χ1v) is 5.62. The third-order valence-electron chi connectivity index (χ3n) is 2.86. The normalized spacial score (nSPS) is 13.5. The Kier molecular flexibility index (Phi) is 4.25. The lowest BCUT2D eigenvalue weighted by Crippen LogP contribution is -2.22. The van der Waals surface area contributed by atoms with Crippen LogP contribution in [0.25, 0.3) is 0 Å². The lowest BCUT2D eigenvalue weighted by atomic mass is 9.74. The van der Waals surface area contributed by atoms with Gasteiger partial charge in [0.05, 0.1) is 0 Å². The van der Waals surface area contributed by atoms with Crippen LogP contribution >= 0.6 is 0 Å². The second-order valence-corrected chi connectivity index (χ2v) is 5.23. The third-order valence-corrected chi connectivity index (χ3v) is 2.86. The molecule has 0 fully saturated rings. The molecule has 0 saturated carbocycles. The first-order valence-electron chi connectivity index (χ1n) is 5.62. The summed E-state index contributed by atoms with van der Waals surface area (Å²) < 4.78 is 0. The van der Waals surface area contributed by atoms with Crippen molar-refractivity contribution >= 4 is 5.78 Å². The topological polar surface area (TPSA) is 37.3 Å². The van der Waals surface area contributed by atoms with Crippen LogP contribution in [0, 0.1) is 5.41 Å². The van der Waals surface area contributed by atoms with Crippen LogP contribution in [0.3, 0.4) is 0 Å². The van der Waals surface area contributed by atoms with Crippen LogP contribution in [0.2, 0.25) is 0 Å². The van der Waals surface area contributed by atoms with Crippen molar-refractivity contribution < 1.29 is 9.90 Å². The number of benzene rings is 1. The van der Waals surface area contributed by atoms with Gasteiger partial charge in [-0.15, -0.1) is 0 Å². The van der Waals surface area contributed by atoms with Crippen LogP contribution in [0.4, 0.5) is 0 Å². The van der Waals surface area contributed by atoms with E-state index in [0.717, 1.165) is 5.56 Å². The van der Waals surface area contributed by atoms with Crippen molar-refractivity contribution in [3.63, 3.8) is 0 Å². The summed E-state index contributed by atoms with van der Waals surface area (Å²) in [7, 11) is 0. The molecule has 2 heteroatoms. The van der Waals surface area contributed by atoms with Crippen LogP contribution < -0.4 is 0 Å². The Hall–Kier alpha value is -1.15. The SMILES string of the molecule is CC(C)(C)C(CC(=O)CO)c1ccccc1. The monoisotopic (exact) mass is 220 g/mol. The van der Waals surface area contributed by atoms with Gasteiger partial charge >= 0.3 is 0 Å². The van der Waals surface area contributed by atoms with E-state index in [4.69, 9.17) is 5.11 Å². The Labute approximate surface area is 97.3 Å². The van der Waals surface area contributed by atoms with E-state index in [1.165, 1.54) is 0 Å². The van der Waals surface area contributed by atoms with Gasteiger partial charge in [-0.2, -0.15) is 0 Å². The molecule has 1 aromatic carbocycles. The van der Waals surface area contributed by atoms with E-state index in [-0.39, 0.29) is 23.7 Å². The van der Waals surface area contributed by atoms with Gasteiger partial charge in [0, 0.05) is 6.42 Å². The number of carbonyl (C=O) groups is 1. The largest absolute Gasteiger partial charge is 0.389 e. The maximum absolute atomic E-state index is 11.4. The minimum Gasteiger partial charge on any atom is -0.389 e. The molecule has 0 saturated heterocycles. The number of aliphatic hydroxyl groups is 1. The maximum atomic E-state index is 11.4. The number of hydrogen-bond acceptors (Lipinski definition) is 2. The average Bonchev–Trinajstić information content (AvgIpc) is 2.25. The molecule has 16 heavy (non-hydrogen) atoms. The van der Waals surface area contributed by atoms with E-state index in [9.17, 15) is 4.79 Å². The quantitative estimate of drug-likeness (QED) is 0.847. The highest BCUT2D eigenvalue weighted by atomic mass is 16.3. The van der Waals surface area contributed by atoms with Crippen LogP contribution in [0.5, 0.6) is 0 Å². The molecule has 1 unspecified atom stereocenters. The summed E-state index contributed by atoms with van der Waals surface area (Å²) in [5, 5.41) is 8.85. The molecule has 1 N–H and O–H groups in total. The number of hydrogen-bond donors (Lipinski definition) is 1. The molecule has 0 spiro atoms. The summed E-state index contributed by atoms with van der Waals surface area (Å²) in [6.07, 6.45) is 0.407. The van der Waals surface area contributed by atoms with Gasteiger partial charge in [0.15, 0.2) is 5.78 Å². The van der Waals surface area contributed by atoms with E-state index in [1.807, 2.05) is 30.3 Å². The van der Waals surface area contributed by atoms with E-state index < -0.39 is 0 Å². The standard InChI is InChI=1S/C14H20O2/c1-14(2,3)13(9-12(16)10-15)11-7-5-4-6-8-11/h4-8,13,15H,9-10H2,1-3H3. The van der Waals surface area contributed by atoms with Gasteiger partial charge in [-0.1, -0.05) is 51.1 Å². The van der Waals surface area contributed by atoms with E-state index in [0.29, 0.717) is 6.42 Å². The van der Waals surface area contributed by atoms with Gasteiger partial charge in [-0.05, 0) is 16.9 Å². The Morgan fingerprint density at radius 1 is 1.25 bits per heavy atom. The number of carbonyl (C=O) groups excluding carboxylic acids is 1. The van der Waals surface area contributed by atoms with Crippen molar-refractivity contribution in [3.8, 4) is 0 Å². The molecule has 0 aromatic heterocycles. The number of ketones is 1. The number of Topliss-reactive ketones (excluding diaryl/α,β-unsaturated/α-hetero) is 1. The molecule has 0 aliphatic heterocycles. The van der Waals surface area contributed by atoms with Crippen LogP contribution in [-0.4, -0.2) is 17.5 Å². The van der Waals surface area contributed by atoms with E-state index >= 15 is 0 Å². The second kappa shape index (κ2) is 5.26. The predicted molar refractivity (Wildman–Crippen MR) is 65.3 cm³/mol. The van der Waals surface area contributed by atoms with Crippen LogP contribution in [0.15, 0.2) is 30.3 Å². The smallest absolute Gasteiger partial charge is 0.158 e. The predicted octanol–water partition coefficient (Wildman–Crippen LogP) is 2.77. The first-order chi connectivity index (χ1) is 7.45. The van der Waals surface area contributed by atoms with Crippen molar-refractivity contribution in [3.05, 3.63) is 35.9 Å². The van der Waals surface area contributed by atoms with Crippen molar-refractivity contribution in [2.24, 2.45) is 5.41 Å². The molecule has 0 aliphatic rings.